The van der Waals surface area contributed by atoms with Gasteiger partial charge in [0.25, 0.3) is 0 Å². The largest absolute Gasteiger partial charge is 0.480 e. The molecule has 2 unspecified atom stereocenters. The third-order valence-corrected chi connectivity index (χ3v) is 3.26. The summed E-state index contributed by atoms with van der Waals surface area (Å²) in [5.74, 6) is -0.782. The van der Waals surface area contributed by atoms with Gasteiger partial charge in [-0.15, -0.1) is 0 Å². The molecule has 0 saturated carbocycles. The predicted molar refractivity (Wildman–Crippen MR) is 69.9 cm³/mol. The monoisotopic (exact) mass is 262 g/mol. The minimum Gasteiger partial charge on any atom is -0.480 e. The number of hydrogen-bond acceptors (Lipinski definition) is 4. The number of carbonyl (C=O) groups is 2. The summed E-state index contributed by atoms with van der Waals surface area (Å²) in [6, 6.07) is -0.817. The van der Waals surface area contributed by atoms with E-state index in [9.17, 15) is 9.59 Å². The summed E-state index contributed by atoms with van der Waals surface area (Å²) in [5.41, 5.74) is 5.51. The van der Waals surface area contributed by atoms with Crippen molar-refractivity contribution in [2.75, 3.05) is 18.6 Å². The normalized spacial score (nSPS) is 14.4. The average Bonchev–Trinajstić information content (AvgIpc) is 2.24. The summed E-state index contributed by atoms with van der Waals surface area (Å²) >= 11 is 1.56. The van der Waals surface area contributed by atoms with Gasteiger partial charge < -0.3 is 16.2 Å². The van der Waals surface area contributed by atoms with Crippen LogP contribution in [0.5, 0.6) is 0 Å². The fourth-order valence-electron chi connectivity index (χ4n) is 1.45. The Morgan fingerprint density at radius 2 is 2.00 bits per heavy atom. The fourth-order valence-corrected chi connectivity index (χ4v) is 1.93. The lowest BCUT2D eigenvalue weighted by molar-refractivity contribution is -0.142. The minimum absolute atomic E-state index is 0.106. The van der Waals surface area contributed by atoms with Gasteiger partial charge in [-0.1, -0.05) is 13.8 Å². The first kappa shape index (κ1) is 16.2. The third-order valence-electron chi connectivity index (χ3n) is 2.62. The van der Waals surface area contributed by atoms with E-state index in [0.29, 0.717) is 12.2 Å². The van der Waals surface area contributed by atoms with E-state index >= 15 is 0 Å². The van der Waals surface area contributed by atoms with Crippen LogP contribution in [-0.4, -0.2) is 41.6 Å². The second-order valence-corrected chi connectivity index (χ2v) is 5.25. The highest BCUT2D eigenvalue weighted by molar-refractivity contribution is 7.98. The van der Waals surface area contributed by atoms with Crippen LogP contribution < -0.4 is 11.1 Å². The highest BCUT2D eigenvalue weighted by atomic mass is 32.2. The van der Waals surface area contributed by atoms with E-state index in [1.807, 2.05) is 20.1 Å². The number of carboxylic acid groups (broad SMARTS) is 1. The molecule has 17 heavy (non-hydrogen) atoms. The molecule has 0 radical (unpaired) electrons. The summed E-state index contributed by atoms with van der Waals surface area (Å²) < 4.78 is 0. The van der Waals surface area contributed by atoms with Crippen LogP contribution in [-0.2, 0) is 9.59 Å². The Morgan fingerprint density at radius 3 is 2.35 bits per heavy atom. The molecule has 5 nitrogen and oxygen atoms in total. The van der Waals surface area contributed by atoms with Crippen molar-refractivity contribution >= 4 is 23.6 Å². The number of hydrogen-bond donors (Lipinski definition) is 3. The minimum atomic E-state index is -0.994. The molecule has 2 atom stereocenters. The zero-order valence-corrected chi connectivity index (χ0v) is 11.4. The van der Waals surface area contributed by atoms with E-state index in [-0.39, 0.29) is 24.3 Å². The molecule has 0 aliphatic carbocycles. The van der Waals surface area contributed by atoms with Crippen molar-refractivity contribution in [1.82, 2.24) is 5.32 Å². The van der Waals surface area contributed by atoms with E-state index < -0.39 is 12.0 Å². The van der Waals surface area contributed by atoms with Gasteiger partial charge in [-0.3, -0.25) is 4.79 Å². The van der Waals surface area contributed by atoms with Crippen molar-refractivity contribution in [3.8, 4) is 0 Å². The topological polar surface area (TPSA) is 92.4 Å². The molecule has 0 saturated heterocycles. The quantitative estimate of drug-likeness (QED) is 0.594. The molecule has 4 N–H and O–H groups in total. The lowest BCUT2D eigenvalue weighted by Crippen LogP contribution is -2.46. The van der Waals surface area contributed by atoms with Crippen LogP contribution in [0.1, 0.15) is 20.3 Å². The summed E-state index contributed by atoms with van der Waals surface area (Å²) in [6.07, 6.45) is 2.33. The maximum absolute atomic E-state index is 11.8. The maximum Gasteiger partial charge on any atom is 0.326 e. The van der Waals surface area contributed by atoms with Gasteiger partial charge in [0, 0.05) is 6.54 Å². The van der Waals surface area contributed by atoms with Crippen LogP contribution in [0.3, 0.4) is 0 Å². The van der Waals surface area contributed by atoms with Gasteiger partial charge in [0.05, 0.1) is 5.92 Å². The molecule has 1 amide bonds. The number of aliphatic carboxylic acids is 1. The smallest absolute Gasteiger partial charge is 0.326 e. The van der Waals surface area contributed by atoms with Crippen LogP contribution in [0.4, 0.5) is 0 Å². The van der Waals surface area contributed by atoms with Crippen LogP contribution in [0, 0.1) is 11.8 Å². The maximum atomic E-state index is 11.8. The van der Waals surface area contributed by atoms with Gasteiger partial charge in [-0.2, -0.15) is 11.8 Å². The molecule has 0 spiro atoms. The van der Waals surface area contributed by atoms with Crippen molar-refractivity contribution in [3.63, 3.8) is 0 Å². The molecule has 0 fully saturated rings. The van der Waals surface area contributed by atoms with Crippen LogP contribution >= 0.6 is 11.8 Å². The Balaban J connectivity index is 4.43. The highest BCUT2D eigenvalue weighted by Crippen LogP contribution is 2.10. The molecular weight excluding hydrogens is 240 g/mol. The molecule has 0 rings (SSSR count). The third kappa shape index (κ3) is 5.93. The first-order chi connectivity index (χ1) is 7.93. The lowest BCUT2D eigenvalue weighted by atomic mass is 9.94. The van der Waals surface area contributed by atoms with Gasteiger partial charge in [0.15, 0.2) is 0 Å². The highest BCUT2D eigenvalue weighted by Gasteiger charge is 2.25. The Hall–Kier alpha value is -0.750. The number of nitrogens with two attached hydrogens (primary N) is 1. The summed E-state index contributed by atoms with van der Waals surface area (Å²) in [6.45, 7) is 4.03. The molecule has 0 aromatic heterocycles. The summed E-state index contributed by atoms with van der Waals surface area (Å²) in [5, 5.41) is 11.5. The van der Waals surface area contributed by atoms with Crippen molar-refractivity contribution < 1.29 is 14.7 Å². The standard InChI is InChI=1S/C11H22N2O3S/c1-7(2)8(6-12)10(14)13-9(11(15)16)4-5-17-3/h7-9H,4-6,12H2,1-3H3,(H,13,14)(H,15,16). The second-order valence-electron chi connectivity index (χ2n) is 4.27. The number of rotatable bonds is 8. The van der Waals surface area contributed by atoms with Gasteiger partial charge in [-0.05, 0) is 24.3 Å². The summed E-state index contributed by atoms with van der Waals surface area (Å²) in [7, 11) is 0. The number of thioether (sulfide) groups is 1. The molecule has 0 bridgehead atoms. The molecule has 100 valence electrons. The Bertz CT molecular complexity index is 259. The molecule has 0 aliphatic heterocycles. The molecule has 0 aromatic carbocycles. The van der Waals surface area contributed by atoms with Crippen LogP contribution in [0.25, 0.3) is 0 Å². The SMILES string of the molecule is CSCCC(NC(=O)C(CN)C(C)C)C(=O)O. The predicted octanol–water partition coefficient (Wildman–Crippen LogP) is 0.540. The van der Waals surface area contributed by atoms with E-state index in [2.05, 4.69) is 5.32 Å². The summed E-state index contributed by atoms with van der Waals surface area (Å²) in [4.78, 5) is 22.8. The van der Waals surface area contributed by atoms with Crippen molar-refractivity contribution in [1.29, 1.82) is 0 Å². The van der Waals surface area contributed by atoms with E-state index in [1.54, 1.807) is 11.8 Å². The Labute approximate surface area is 107 Å². The van der Waals surface area contributed by atoms with E-state index in [0.717, 1.165) is 0 Å². The van der Waals surface area contributed by atoms with Crippen molar-refractivity contribution in [2.45, 2.75) is 26.3 Å². The second kappa shape index (κ2) is 8.36. The fraction of sp³-hybridized carbons (Fsp3) is 0.818. The number of carboxylic acids is 1. The number of amides is 1. The zero-order valence-electron chi connectivity index (χ0n) is 10.6. The van der Waals surface area contributed by atoms with Crippen LogP contribution in [0.15, 0.2) is 0 Å². The van der Waals surface area contributed by atoms with E-state index in [1.165, 1.54) is 0 Å². The molecular formula is C11H22N2O3S. The van der Waals surface area contributed by atoms with Gasteiger partial charge in [0.1, 0.15) is 6.04 Å². The molecule has 0 aromatic rings. The number of nitrogens with one attached hydrogen (secondary N) is 1. The molecule has 0 heterocycles. The Kier molecular flexibility index (Phi) is 7.99. The zero-order chi connectivity index (χ0) is 13.4. The van der Waals surface area contributed by atoms with Crippen molar-refractivity contribution in [2.24, 2.45) is 17.6 Å². The van der Waals surface area contributed by atoms with Gasteiger partial charge in [-0.25, -0.2) is 4.79 Å². The molecule has 0 aliphatic rings. The van der Waals surface area contributed by atoms with Gasteiger partial charge >= 0.3 is 5.97 Å². The van der Waals surface area contributed by atoms with Gasteiger partial charge in [0.2, 0.25) is 5.91 Å². The Morgan fingerprint density at radius 1 is 1.41 bits per heavy atom. The number of carbonyl (C=O) groups excluding carboxylic acids is 1. The first-order valence-corrected chi connectivity index (χ1v) is 7.05. The molecule has 6 heteroatoms. The van der Waals surface area contributed by atoms with E-state index in [4.69, 9.17) is 10.8 Å². The van der Waals surface area contributed by atoms with Crippen LogP contribution in [0.2, 0.25) is 0 Å². The van der Waals surface area contributed by atoms with Crippen molar-refractivity contribution in [3.05, 3.63) is 0 Å². The average molecular weight is 262 g/mol. The lowest BCUT2D eigenvalue weighted by Gasteiger charge is -2.21. The first-order valence-electron chi connectivity index (χ1n) is 5.66.